The average Bonchev–Trinajstić information content (AvgIpc) is 2.35. The predicted octanol–water partition coefficient (Wildman–Crippen LogP) is 5.37. The molecule has 0 radical (unpaired) electrons. The van der Waals surface area contributed by atoms with Gasteiger partial charge in [0.25, 0.3) is 0 Å². The molecule has 0 amide bonds. The molecule has 2 nitrogen and oxygen atoms in total. The number of aromatic nitrogens is 1. The number of methoxy groups -OCH3 is 1. The first kappa shape index (κ1) is 13.8. The van der Waals surface area contributed by atoms with E-state index in [1.54, 1.807) is 18.2 Å². The van der Waals surface area contributed by atoms with Crippen LogP contribution in [-0.4, -0.2) is 12.1 Å². The first-order valence-electron chi connectivity index (χ1n) is 4.87. The molecule has 0 saturated carbocycles. The van der Waals surface area contributed by atoms with Crippen molar-refractivity contribution >= 4 is 46.4 Å². The van der Waals surface area contributed by atoms with Gasteiger partial charge in [-0.25, -0.2) is 4.98 Å². The van der Waals surface area contributed by atoms with E-state index in [2.05, 4.69) is 4.98 Å². The summed E-state index contributed by atoms with van der Waals surface area (Å²) in [7, 11) is 1.52. The number of hydrogen-bond donors (Lipinski definition) is 0. The summed E-state index contributed by atoms with van der Waals surface area (Å²) >= 11 is 24.1. The molecule has 0 aliphatic carbocycles. The predicted molar refractivity (Wildman–Crippen MR) is 76.3 cm³/mol. The van der Waals surface area contributed by atoms with Gasteiger partial charge in [0.05, 0.1) is 33.4 Å². The zero-order valence-electron chi connectivity index (χ0n) is 9.18. The third-order valence-electron chi connectivity index (χ3n) is 2.34. The molecular formula is C12H7Cl4NO. The Morgan fingerprint density at radius 1 is 0.833 bits per heavy atom. The number of pyridine rings is 1. The molecule has 94 valence electrons. The maximum absolute atomic E-state index is 6.14. The van der Waals surface area contributed by atoms with E-state index in [0.717, 1.165) is 0 Å². The van der Waals surface area contributed by atoms with Gasteiger partial charge in [0, 0.05) is 17.2 Å². The van der Waals surface area contributed by atoms with Crippen LogP contribution in [0.4, 0.5) is 0 Å². The molecule has 2 aromatic rings. The summed E-state index contributed by atoms with van der Waals surface area (Å²) in [5.41, 5.74) is 1.36. The van der Waals surface area contributed by atoms with Crippen molar-refractivity contribution in [3.05, 3.63) is 44.5 Å². The van der Waals surface area contributed by atoms with Crippen LogP contribution in [-0.2, 0) is 0 Å². The zero-order valence-corrected chi connectivity index (χ0v) is 12.2. The van der Waals surface area contributed by atoms with Crippen molar-refractivity contribution in [2.75, 3.05) is 7.11 Å². The van der Waals surface area contributed by atoms with Crippen molar-refractivity contribution in [1.29, 1.82) is 0 Å². The Morgan fingerprint density at radius 2 is 1.44 bits per heavy atom. The lowest BCUT2D eigenvalue weighted by Crippen LogP contribution is -1.90. The van der Waals surface area contributed by atoms with Crippen molar-refractivity contribution in [3.8, 4) is 17.0 Å². The smallest absolute Gasteiger partial charge is 0.213 e. The lowest BCUT2D eigenvalue weighted by atomic mass is 10.1. The second-order valence-electron chi connectivity index (χ2n) is 3.45. The van der Waals surface area contributed by atoms with Gasteiger partial charge in [-0.3, -0.25) is 0 Å². The number of benzene rings is 1. The number of halogens is 4. The molecule has 0 N–H and O–H groups in total. The van der Waals surface area contributed by atoms with E-state index in [1.807, 2.05) is 0 Å². The van der Waals surface area contributed by atoms with Gasteiger partial charge in [-0.15, -0.1) is 0 Å². The van der Waals surface area contributed by atoms with Crippen molar-refractivity contribution in [2.24, 2.45) is 0 Å². The van der Waals surface area contributed by atoms with E-state index in [9.17, 15) is 0 Å². The van der Waals surface area contributed by atoms with Gasteiger partial charge in [0.2, 0.25) is 5.88 Å². The van der Waals surface area contributed by atoms with E-state index >= 15 is 0 Å². The summed E-state index contributed by atoms with van der Waals surface area (Å²) < 4.78 is 5.05. The lowest BCUT2D eigenvalue weighted by Gasteiger charge is -2.09. The molecule has 1 heterocycles. The highest BCUT2D eigenvalue weighted by molar-refractivity contribution is 6.44. The van der Waals surface area contributed by atoms with E-state index in [4.69, 9.17) is 51.1 Å². The van der Waals surface area contributed by atoms with Crippen LogP contribution in [0.15, 0.2) is 24.4 Å². The second-order valence-corrected chi connectivity index (χ2v) is 5.08. The van der Waals surface area contributed by atoms with Gasteiger partial charge in [-0.2, -0.15) is 0 Å². The highest BCUT2D eigenvalue weighted by atomic mass is 35.5. The SMILES string of the molecule is COc1cc(-c2cc(Cl)c(Cl)cc2Cl)c(Cl)cn1. The molecule has 0 bridgehead atoms. The Balaban J connectivity index is 2.64. The summed E-state index contributed by atoms with van der Waals surface area (Å²) in [6, 6.07) is 4.92. The quantitative estimate of drug-likeness (QED) is 0.693. The van der Waals surface area contributed by atoms with Crippen molar-refractivity contribution in [1.82, 2.24) is 4.98 Å². The highest BCUT2D eigenvalue weighted by Gasteiger charge is 2.12. The minimum atomic E-state index is 0.391. The Hall–Kier alpha value is -0.670. The number of hydrogen-bond acceptors (Lipinski definition) is 2. The maximum Gasteiger partial charge on any atom is 0.213 e. The van der Waals surface area contributed by atoms with E-state index in [1.165, 1.54) is 13.3 Å². The van der Waals surface area contributed by atoms with E-state index in [0.29, 0.717) is 37.1 Å². The molecule has 18 heavy (non-hydrogen) atoms. The largest absolute Gasteiger partial charge is 0.481 e. The zero-order chi connectivity index (χ0) is 13.3. The summed E-state index contributed by atoms with van der Waals surface area (Å²) in [6.07, 6.45) is 1.49. The molecule has 0 saturated heterocycles. The standard InChI is InChI=1S/C12H7Cl4NO/c1-18-12-3-7(11(16)5-17-12)6-2-9(14)10(15)4-8(6)13/h2-5H,1H3. The van der Waals surface area contributed by atoms with Gasteiger partial charge >= 0.3 is 0 Å². The Morgan fingerprint density at radius 3 is 2.11 bits per heavy atom. The second kappa shape index (κ2) is 5.54. The average molecular weight is 323 g/mol. The van der Waals surface area contributed by atoms with Gasteiger partial charge in [0.1, 0.15) is 0 Å². The molecule has 0 fully saturated rings. The van der Waals surface area contributed by atoms with Crippen LogP contribution in [0, 0.1) is 0 Å². The highest BCUT2D eigenvalue weighted by Crippen LogP contribution is 2.38. The Kier molecular flexibility index (Phi) is 4.23. The topological polar surface area (TPSA) is 22.1 Å². The number of ether oxygens (including phenoxy) is 1. The maximum atomic E-state index is 6.14. The summed E-state index contributed by atoms with van der Waals surface area (Å²) in [5, 5.41) is 1.71. The minimum Gasteiger partial charge on any atom is -0.481 e. The van der Waals surface area contributed by atoms with Gasteiger partial charge in [0.15, 0.2) is 0 Å². The van der Waals surface area contributed by atoms with Crippen LogP contribution in [0.3, 0.4) is 0 Å². The van der Waals surface area contributed by atoms with Crippen LogP contribution >= 0.6 is 46.4 Å². The van der Waals surface area contributed by atoms with E-state index in [-0.39, 0.29) is 0 Å². The normalized spacial score (nSPS) is 10.5. The summed E-state index contributed by atoms with van der Waals surface area (Å²) in [5.74, 6) is 0.441. The first-order chi connectivity index (χ1) is 8.52. The third-order valence-corrected chi connectivity index (χ3v) is 3.68. The Bertz CT molecular complexity index is 601. The summed E-state index contributed by atoms with van der Waals surface area (Å²) in [4.78, 5) is 4.00. The van der Waals surface area contributed by atoms with Crippen LogP contribution in [0.5, 0.6) is 5.88 Å². The van der Waals surface area contributed by atoms with Crippen LogP contribution in [0.1, 0.15) is 0 Å². The fraction of sp³-hybridized carbons (Fsp3) is 0.0833. The molecule has 0 unspecified atom stereocenters. The van der Waals surface area contributed by atoms with Gasteiger partial charge in [-0.05, 0) is 12.1 Å². The van der Waals surface area contributed by atoms with Crippen LogP contribution in [0.25, 0.3) is 11.1 Å². The molecule has 0 aliphatic rings. The molecule has 0 aliphatic heterocycles. The molecule has 2 rings (SSSR count). The van der Waals surface area contributed by atoms with Crippen molar-refractivity contribution < 1.29 is 4.74 Å². The minimum absolute atomic E-state index is 0.391. The monoisotopic (exact) mass is 321 g/mol. The fourth-order valence-corrected chi connectivity index (χ4v) is 2.32. The molecule has 0 spiro atoms. The summed E-state index contributed by atoms with van der Waals surface area (Å²) in [6.45, 7) is 0. The molecular weight excluding hydrogens is 316 g/mol. The van der Waals surface area contributed by atoms with Crippen molar-refractivity contribution in [2.45, 2.75) is 0 Å². The lowest BCUT2D eigenvalue weighted by molar-refractivity contribution is 0.398. The third kappa shape index (κ3) is 2.67. The van der Waals surface area contributed by atoms with Crippen LogP contribution in [0.2, 0.25) is 20.1 Å². The first-order valence-corrected chi connectivity index (χ1v) is 6.38. The van der Waals surface area contributed by atoms with Crippen molar-refractivity contribution in [3.63, 3.8) is 0 Å². The van der Waals surface area contributed by atoms with Gasteiger partial charge in [-0.1, -0.05) is 46.4 Å². The molecule has 1 aromatic heterocycles. The molecule has 6 heteroatoms. The van der Waals surface area contributed by atoms with Gasteiger partial charge < -0.3 is 4.74 Å². The van der Waals surface area contributed by atoms with Crippen LogP contribution < -0.4 is 4.74 Å². The van der Waals surface area contributed by atoms with E-state index < -0.39 is 0 Å². The molecule has 0 atom stereocenters. The number of nitrogens with zero attached hydrogens (tertiary/aromatic N) is 1. The Labute approximate surface area is 124 Å². The number of rotatable bonds is 2. The fourth-order valence-electron chi connectivity index (χ4n) is 1.47. The molecule has 1 aromatic carbocycles.